The molecule has 0 spiro atoms. The summed E-state index contributed by atoms with van der Waals surface area (Å²) in [4.78, 5) is 11.4. The maximum Gasteiger partial charge on any atom is 0.221 e. The molecule has 0 aliphatic rings. The lowest BCUT2D eigenvalue weighted by Gasteiger charge is -2.26. The van der Waals surface area contributed by atoms with Crippen molar-refractivity contribution in [3.05, 3.63) is 29.8 Å². The molecule has 4 heteroatoms. The molecule has 0 aliphatic carbocycles. The molecule has 1 N–H and O–H groups in total. The molecule has 0 atom stereocenters. The lowest BCUT2D eigenvalue weighted by molar-refractivity contribution is -0.120. The Morgan fingerprint density at radius 2 is 2.17 bits per heavy atom. The molecule has 0 saturated heterocycles. The highest BCUT2D eigenvalue weighted by molar-refractivity contribution is 6.18. The maximum absolute atomic E-state index is 11.4. The first-order valence-corrected chi connectivity index (χ1v) is 6.50. The van der Waals surface area contributed by atoms with Crippen molar-refractivity contribution in [3.63, 3.8) is 0 Å². The number of methoxy groups -OCH3 is 1. The van der Waals surface area contributed by atoms with Crippen LogP contribution < -0.4 is 10.1 Å². The molecule has 100 valence electrons. The fraction of sp³-hybridized carbons (Fsp3) is 0.500. The Bertz CT molecular complexity index is 405. The van der Waals surface area contributed by atoms with Crippen LogP contribution >= 0.6 is 11.6 Å². The van der Waals surface area contributed by atoms with Crippen molar-refractivity contribution in [3.8, 4) is 5.75 Å². The molecule has 0 saturated carbocycles. The molecule has 0 heterocycles. The van der Waals surface area contributed by atoms with E-state index in [0.717, 1.165) is 11.3 Å². The zero-order valence-corrected chi connectivity index (χ0v) is 11.9. The molecule has 0 radical (unpaired) electrons. The van der Waals surface area contributed by atoms with Crippen molar-refractivity contribution in [2.45, 2.75) is 25.7 Å². The summed E-state index contributed by atoms with van der Waals surface area (Å²) in [7, 11) is 1.65. The van der Waals surface area contributed by atoms with Gasteiger partial charge < -0.3 is 10.1 Å². The molecule has 0 aromatic heterocycles. The number of halogens is 1. The van der Waals surface area contributed by atoms with Gasteiger partial charge in [0.05, 0.1) is 7.11 Å². The van der Waals surface area contributed by atoms with E-state index in [4.69, 9.17) is 16.3 Å². The quantitative estimate of drug-likeness (QED) is 0.807. The van der Waals surface area contributed by atoms with E-state index in [2.05, 4.69) is 19.2 Å². The van der Waals surface area contributed by atoms with Gasteiger partial charge in [-0.2, -0.15) is 0 Å². The van der Waals surface area contributed by atoms with Crippen LogP contribution in [0.15, 0.2) is 24.3 Å². The minimum absolute atomic E-state index is 0.0130. The highest BCUT2D eigenvalue weighted by Gasteiger charge is 2.21. The molecular formula is C14H20ClNO2. The number of rotatable bonds is 6. The predicted molar refractivity (Wildman–Crippen MR) is 74.4 cm³/mol. The fourth-order valence-corrected chi connectivity index (χ4v) is 1.81. The van der Waals surface area contributed by atoms with Crippen molar-refractivity contribution in [1.29, 1.82) is 0 Å². The van der Waals surface area contributed by atoms with Crippen molar-refractivity contribution >= 4 is 17.5 Å². The van der Waals surface area contributed by atoms with E-state index in [-0.39, 0.29) is 11.3 Å². The molecule has 3 nitrogen and oxygen atoms in total. The van der Waals surface area contributed by atoms with E-state index in [1.54, 1.807) is 7.11 Å². The first-order chi connectivity index (χ1) is 8.49. The Morgan fingerprint density at radius 3 is 2.78 bits per heavy atom. The monoisotopic (exact) mass is 269 g/mol. The molecule has 0 bridgehead atoms. The van der Waals surface area contributed by atoms with Gasteiger partial charge in [0, 0.05) is 24.3 Å². The van der Waals surface area contributed by atoms with Gasteiger partial charge in [-0.25, -0.2) is 0 Å². The van der Waals surface area contributed by atoms with E-state index in [0.29, 0.717) is 18.8 Å². The van der Waals surface area contributed by atoms with E-state index in [1.165, 1.54) is 0 Å². The standard InChI is InChI=1S/C14H20ClNO2/c1-14(2,10-16-13(17)7-8-15)11-5-4-6-12(9-11)18-3/h4-6,9H,7-8,10H2,1-3H3,(H,16,17). The summed E-state index contributed by atoms with van der Waals surface area (Å²) < 4.78 is 5.21. The Labute approximate surface area is 113 Å². The Kier molecular flexibility index (Phi) is 5.48. The third-order valence-corrected chi connectivity index (χ3v) is 3.09. The summed E-state index contributed by atoms with van der Waals surface area (Å²) in [6.45, 7) is 4.75. The minimum Gasteiger partial charge on any atom is -0.497 e. The number of carbonyl (C=O) groups is 1. The van der Waals surface area contributed by atoms with Gasteiger partial charge in [0.15, 0.2) is 0 Å². The van der Waals surface area contributed by atoms with Gasteiger partial charge in [0.2, 0.25) is 5.91 Å². The lowest BCUT2D eigenvalue weighted by atomic mass is 9.84. The Balaban J connectivity index is 2.69. The average Bonchev–Trinajstić information content (AvgIpc) is 2.37. The second-order valence-electron chi connectivity index (χ2n) is 4.83. The molecule has 1 aromatic carbocycles. The molecule has 0 fully saturated rings. The number of hydrogen-bond donors (Lipinski definition) is 1. The summed E-state index contributed by atoms with van der Waals surface area (Å²) in [5.41, 5.74) is 0.990. The summed E-state index contributed by atoms with van der Waals surface area (Å²) in [6, 6.07) is 7.89. The van der Waals surface area contributed by atoms with Gasteiger partial charge in [0.1, 0.15) is 5.75 Å². The third kappa shape index (κ3) is 4.22. The summed E-state index contributed by atoms with van der Waals surface area (Å²) in [5.74, 6) is 1.17. The fourth-order valence-electron chi connectivity index (χ4n) is 1.64. The number of alkyl halides is 1. The van der Waals surface area contributed by atoms with Crippen molar-refractivity contribution < 1.29 is 9.53 Å². The summed E-state index contributed by atoms with van der Waals surface area (Å²) in [6.07, 6.45) is 0.357. The van der Waals surface area contributed by atoms with Crippen molar-refractivity contribution in [2.24, 2.45) is 0 Å². The molecule has 1 aromatic rings. The van der Waals surface area contributed by atoms with Crippen LogP contribution in [-0.2, 0) is 10.2 Å². The van der Waals surface area contributed by atoms with Crippen LogP contribution in [0.25, 0.3) is 0 Å². The smallest absolute Gasteiger partial charge is 0.221 e. The molecular weight excluding hydrogens is 250 g/mol. The Morgan fingerprint density at radius 1 is 1.44 bits per heavy atom. The number of amides is 1. The average molecular weight is 270 g/mol. The van der Waals surface area contributed by atoms with Gasteiger partial charge in [-0.3, -0.25) is 4.79 Å². The summed E-state index contributed by atoms with van der Waals surface area (Å²) in [5, 5.41) is 2.90. The molecule has 1 amide bonds. The number of ether oxygens (including phenoxy) is 1. The van der Waals surface area contributed by atoms with Crippen LogP contribution in [0.3, 0.4) is 0 Å². The van der Waals surface area contributed by atoms with Crippen LogP contribution in [0.1, 0.15) is 25.8 Å². The number of carbonyl (C=O) groups excluding carboxylic acids is 1. The molecule has 0 unspecified atom stereocenters. The second-order valence-corrected chi connectivity index (χ2v) is 5.21. The molecule has 0 aliphatic heterocycles. The van der Waals surface area contributed by atoms with Crippen LogP contribution in [0.2, 0.25) is 0 Å². The largest absolute Gasteiger partial charge is 0.497 e. The van der Waals surface area contributed by atoms with Gasteiger partial charge >= 0.3 is 0 Å². The normalized spacial score (nSPS) is 11.1. The third-order valence-electron chi connectivity index (χ3n) is 2.90. The topological polar surface area (TPSA) is 38.3 Å². The van der Waals surface area contributed by atoms with Crippen LogP contribution in [0.4, 0.5) is 0 Å². The summed E-state index contributed by atoms with van der Waals surface area (Å²) >= 11 is 5.53. The second kappa shape index (κ2) is 6.64. The van der Waals surface area contributed by atoms with Gasteiger partial charge in [-0.05, 0) is 17.7 Å². The van der Waals surface area contributed by atoms with Crippen LogP contribution in [0.5, 0.6) is 5.75 Å². The van der Waals surface area contributed by atoms with Crippen molar-refractivity contribution in [1.82, 2.24) is 5.32 Å². The highest BCUT2D eigenvalue weighted by atomic mass is 35.5. The van der Waals surface area contributed by atoms with Crippen LogP contribution in [-0.4, -0.2) is 25.4 Å². The SMILES string of the molecule is COc1cccc(C(C)(C)CNC(=O)CCCl)c1. The van der Waals surface area contributed by atoms with E-state index >= 15 is 0 Å². The number of benzene rings is 1. The molecule has 18 heavy (non-hydrogen) atoms. The van der Waals surface area contributed by atoms with E-state index in [1.807, 2.05) is 24.3 Å². The van der Waals surface area contributed by atoms with E-state index in [9.17, 15) is 4.79 Å². The number of nitrogens with one attached hydrogen (secondary N) is 1. The van der Waals surface area contributed by atoms with Crippen LogP contribution in [0, 0.1) is 0 Å². The highest BCUT2D eigenvalue weighted by Crippen LogP contribution is 2.25. The number of hydrogen-bond acceptors (Lipinski definition) is 2. The van der Waals surface area contributed by atoms with Gasteiger partial charge in [0.25, 0.3) is 0 Å². The molecule has 1 rings (SSSR count). The predicted octanol–water partition coefficient (Wildman–Crippen LogP) is 2.72. The lowest BCUT2D eigenvalue weighted by Crippen LogP contribution is -2.36. The van der Waals surface area contributed by atoms with E-state index < -0.39 is 0 Å². The first-order valence-electron chi connectivity index (χ1n) is 5.97. The Hall–Kier alpha value is -1.22. The zero-order chi connectivity index (χ0) is 13.6. The van der Waals surface area contributed by atoms with Crippen molar-refractivity contribution in [2.75, 3.05) is 19.5 Å². The first kappa shape index (κ1) is 14.8. The maximum atomic E-state index is 11.4. The zero-order valence-electron chi connectivity index (χ0n) is 11.1. The minimum atomic E-state index is -0.142. The van der Waals surface area contributed by atoms with Gasteiger partial charge in [-0.1, -0.05) is 26.0 Å². The van der Waals surface area contributed by atoms with Gasteiger partial charge in [-0.15, -0.1) is 11.6 Å².